The third-order valence-electron chi connectivity index (χ3n) is 3.82. The zero-order chi connectivity index (χ0) is 18.0. The van der Waals surface area contributed by atoms with E-state index in [4.69, 9.17) is 16.3 Å². The molecule has 1 aliphatic heterocycles. The van der Waals surface area contributed by atoms with Crippen molar-refractivity contribution < 1.29 is 18.7 Å². The second-order valence-electron chi connectivity index (χ2n) is 5.61. The molecule has 0 unspecified atom stereocenters. The van der Waals surface area contributed by atoms with Crippen LogP contribution in [-0.4, -0.2) is 43.0 Å². The standard InChI is InChI=1S/C17H16ClFN2O3S/c1-10-8-14(20-16(22)12-3-2-11(19)9-13(12)18)25-15(10)17(23)21-4-6-24-7-5-21/h2-3,8-9H,4-7H2,1H3,(H,20,22). The van der Waals surface area contributed by atoms with Crippen molar-refractivity contribution in [2.24, 2.45) is 0 Å². The number of amides is 2. The van der Waals surface area contributed by atoms with Gasteiger partial charge in [0, 0.05) is 13.1 Å². The van der Waals surface area contributed by atoms with Gasteiger partial charge in [-0.3, -0.25) is 9.59 Å². The summed E-state index contributed by atoms with van der Waals surface area (Å²) in [5.74, 6) is -1.02. The molecule has 1 aliphatic rings. The van der Waals surface area contributed by atoms with Crippen LogP contribution in [0.4, 0.5) is 9.39 Å². The Balaban J connectivity index is 1.75. The fraction of sp³-hybridized carbons (Fsp3) is 0.294. The number of halogens is 2. The molecular weight excluding hydrogens is 367 g/mol. The van der Waals surface area contributed by atoms with Crippen molar-refractivity contribution in [3.63, 3.8) is 0 Å². The van der Waals surface area contributed by atoms with Crippen LogP contribution in [0.5, 0.6) is 0 Å². The fourth-order valence-corrected chi connectivity index (χ4v) is 3.81. The van der Waals surface area contributed by atoms with Crippen molar-refractivity contribution >= 4 is 39.8 Å². The van der Waals surface area contributed by atoms with Gasteiger partial charge in [0.1, 0.15) is 5.82 Å². The molecule has 0 bridgehead atoms. The number of benzene rings is 1. The minimum atomic E-state index is -0.507. The molecule has 8 heteroatoms. The van der Waals surface area contributed by atoms with E-state index in [0.29, 0.717) is 36.2 Å². The monoisotopic (exact) mass is 382 g/mol. The molecule has 1 saturated heterocycles. The number of ether oxygens (including phenoxy) is 1. The Morgan fingerprint density at radius 3 is 2.68 bits per heavy atom. The van der Waals surface area contributed by atoms with E-state index in [0.717, 1.165) is 11.6 Å². The maximum absolute atomic E-state index is 13.1. The van der Waals surface area contributed by atoms with Gasteiger partial charge in [-0.25, -0.2) is 4.39 Å². The zero-order valence-electron chi connectivity index (χ0n) is 13.5. The molecule has 5 nitrogen and oxygen atoms in total. The fourth-order valence-electron chi connectivity index (χ4n) is 2.52. The summed E-state index contributed by atoms with van der Waals surface area (Å²) in [6, 6.07) is 5.33. The number of rotatable bonds is 3. The number of aryl methyl sites for hydroxylation is 1. The molecule has 1 aromatic carbocycles. The third kappa shape index (κ3) is 4.00. The first-order chi connectivity index (χ1) is 12.0. The first-order valence-corrected chi connectivity index (χ1v) is 8.89. The van der Waals surface area contributed by atoms with Crippen LogP contribution in [0.3, 0.4) is 0 Å². The molecule has 25 heavy (non-hydrogen) atoms. The molecule has 2 amide bonds. The van der Waals surface area contributed by atoms with E-state index in [1.807, 2.05) is 6.92 Å². The predicted molar refractivity (Wildman–Crippen MR) is 95.1 cm³/mol. The summed E-state index contributed by atoms with van der Waals surface area (Å²) in [4.78, 5) is 27.2. The highest BCUT2D eigenvalue weighted by atomic mass is 35.5. The summed E-state index contributed by atoms with van der Waals surface area (Å²) in [6.45, 7) is 4.00. The summed E-state index contributed by atoms with van der Waals surface area (Å²) in [7, 11) is 0. The van der Waals surface area contributed by atoms with Crippen LogP contribution in [0.15, 0.2) is 24.3 Å². The molecule has 0 atom stereocenters. The molecule has 0 spiro atoms. The number of nitrogens with zero attached hydrogens (tertiary/aromatic N) is 1. The topological polar surface area (TPSA) is 58.6 Å². The van der Waals surface area contributed by atoms with Gasteiger partial charge in [0.2, 0.25) is 0 Å². The van der Waals surface area contributed by atoms with Crippen LogP contribution in [-0.2, 0) is 4.74 Å². The lowest BCUT2D eigenvalue weighted by atomic mass is 10.2. The molecule has 1 fully saturated rings. The van der Waals surface area contributed by atoms with Crippen LogP contribution < -0.4 is 5.32 Å². The largest absolute Gasteiger partial charge is 0.378 e. The predicted octanol–water partition coefficient (Wildman–Crippen LogP) is 3.57. The van der Waals surface area contributed by atoms with Gasteiger partial charge in [-0.05, 0) is 36.8 Å². The van der Waals surface area contributed by atoms with Crippen molar-refractivity contribution in [1.82, 2.24) is 4.90 Å². The number of hydrogen-bond acceptors (Lipinski definition) is 4. The number of nitrogens with one attached hydrogen (secondary N) is 1. The summed E-state index contributed by atoms with van der Waals surface area (Å²) in [5.41, 5.74) is 0.970. The summed E-state index contributed by atoms with van der Waals surface area (Å²) < 4.78 is 18.4. The van der Waals surface area contributed by atoms with Crippen molar-refractivity contribution in [2.75, 3.05) is 31.6 Å². The normalized spacial score (nSPS) is 14.4. The highest BCUT2D eigenvalue weighted by Gasteiger charge is 2.23. The molecule has 0 saturated carbocycles. The minimum Gasteiger partial charge on any atom is -0.378 e. The Morgan fingerprint density at radius 2 is 2.00 bits per heavy atom. The molecule has 3 rings (SSSR count). The lowest BCUT2D eigenvalue weighted by molar-refractivity contribution is 0.0305. The van der Waals surface area contributed by atoms with Crippen LogP contribution in [0, 0.1) is 12.7 Å². The minimum absolute atomic E-state index is 0.0374. The lowest BCUT2D eigenvalue weighted by Gasteiger charge is -2.26. The van der Waals surface area contributed by atoms with Gasteiger partial charge in [0.05, 0.1) is 33.7 Å². The molecular formula is C17H16ClFN2O3S. The molecule has 132 valence electrons. The highest BCUT2D eigenvalue weighted by molar-refractivity contribution is 7.18. The Hall–Kier alpha value is -1.96. The summed E-state index contributed by atoms with van der Waals surface area (Å²) in [5, 5.41) is 3.29. The Labute approximate surface area is 153 Å². The Morgan fingerprint density at radius 1 is 1.28 bits per heavy atom. The maximum Gasteiger partial charge on any atom is 0.264 e. The van der Waals surface area contributed by atoms with Gasteiger partial charge in [-0.1, -0.05) is 11.6 Å². The van der Waals surface area contributed by atoms with Gasteiger partial charge >= 0.3 is 0 Å². The van der Waals surface area contributed by atoms with Crippen molar-refractivity contribution in [3.05, 3.63) is 51.1 Å². The van der Waals surface area contributed by atoms with Crippen molar-refractivity contribution in [1.29, 1.82) is 0 Å². The second-order valence-corrected chi connectivity index (χ2v) is 7.07. The van der Waals surface area contributed by atoms with Crippen LogP contribution in [0.1, 0.15) is 25.6 Å². The van der Waals surface area contributed by atoms with Crippen LogP contribution in [0.2, 0.25) is 5.02 Å². The van der Waals surface area contributed by atoms with Crippen LogP contribution in [0.25, 0.3) is 0 Å². The van der Waals surface area contributed by atoms with Crippen molar-refractivity contribution in [2.45, 2.75) is 6.92 Å². The number of thiophene rings is 1. The van der Waals surface area contributed by atoms with Gasteiger partial charge < -0.3 is 15.0 Å². The van der Waals surface area contributed by atoms with Gasteiger partial charge in [0.15, 0.2) is 0 Å². The van der Waals surface area contributed by atoms with E-state index < -0.39 is 11.7 Å². The van der Waals surface area contributed by atoms with E-state index in [1.165, 1.54) is 23.5 Å². The number of anilines is 1. The average molecular weight is 383 g/mol. The number of morpholine rings is 1. The highest BCUT2D eigenvalue weighted by Crippen LogP contribution is 2.29. The molecule has 0 aliphatic carbocycles. The summed E-state index contributed by atoms with van der Waals surface area (Å²) in [6.07, 6.45) is 0. The van der Waals surface area contributed by atoms with Crippen molar-refractivity contribution in [3.8, 4) is 0 Å². The smallest absolute Gasteiger partial charge is 0.264 e. The van der Waals surface area contributed by atoms with E-state index in [1.54, 1.807) is 11.0 Å². The van der Waals surface area contributed by atoms with E-state index in [9.17, 15) is 14.0 Å². The molecule has 2 heterocycles. The maximum atomic E-state index is 13.1. The second kappa shape index (κ2) is 7.51. The SMILES string of the molecule is Cc1cc(NC(=O)c2ccc(F)cc2Cl)sc1C(=O)N1CCOCC1. The molecule has 1 N–H and O–H groups in total. The number of carbonyl (C=O) groups excluding carboxylic acids is 2. The first-order valence-electron chi connectivity index (χ1n) is 7.69. The van der Waals surface area contributed by atoms with Gasteiger partial charge in [0.25, 0.3) is 11.8 Å². The molecule has 2 aromatic rings. The summed E-state index contributed by atoms with van der Waals surface area (Å²) >= 11 is 7.12. The lowest BCUT2D eigenvalue weighted by Crippen LogP contribution is -2.40. The number of carbonyl (C=O) groups is 2. The molecule has 1 aromatic heterocycles. The first kappa shape index (κ1) is 17.8. The van der Waals surface area contributed by atoms with E-state index >= 15 is 0 Å². The van der Waals surface area contributed by atoms with E-state index in [-0.39, 0.29) is 16.5 Å². The third-order valence-corrected chi connectivity index (χ3v) is 5.28. The zero-order valence-corrected chi connectivity index (χ0v) is 15.0. The van der Waals surface area contributed by atoms with Gasteiger partial charge in [-0.15, -0.1) is 11.3 Å². The van der Waals surface area contributed by atoms with E-state index in [2.05, 4.69) is 5.32 Å². The van der Waals surface area contributed by atoms with Gasteiger partial charge in [-0.2, -0.15) is 0 Å². The quantitative estimate of drug-likeness (QED) is 0.882. The number of hydrogen-bond donors (Lipinski definition) is 1. The average Bonchev–Trinajstić information content (AvgIpc) is 2.95. The van der Waals surface area contributed by atoms with Crippen LogP contribution >= 0.6 is 22.9 Å². The molecule has 0 radical (unpaired) electrons. The Bertz CT molecular complexity index is 818. The Kier molecular flexibility index (Phi) is 5.36.